The summed E-state index contributed by atoms with van der Waals surface area (Å²) in [6.07, 6.45) is 2.65. The molecule has 23 heavy (non-hydrogen) atoms. The quantitative estimate of drug-likeness (QED) is 0.881. The van der Waals surface area contributed by atoms with E-state index in [4.69, 9.17) is 0 Å². The van der Waals surface area contributed by atoms with Crippen molar-refractivity contribution in [2.75, 3.05) is 18.4 Å². The van der Waals surface area contributed by atoms with Gasteiger partial charge in [-0.05, 0) is 39.5 Å². The average molecular weight is 337 g/mol. The minimum atomic E-state index is -0.707. The second-order valence-corrected chi connectivity index (χ2v) is 8.01. The predicted octanol–water partition coefficient (Wildman–Crippen LogP) is 2.27. The van der Waals surface area contributed by atoms with Crippen LogP contribution in [0, 0.1) is 25.2 Å². The highest BCUT2D eigenvalue weighted by Crippen LogP contribution is 2.49. The molecule has 0 spiro atoms. The van der Waals surface area contributed by atoms with Crippen LogP contribution in [0.2, 0.25) is 0 Å². The van der Waals surface area contributed by atoms with E-state index in [0.29, 0.717) is 18.2 Å². The predicted molar refractivity (Wildman–Crippen MR) is 88.7 cm³/mol. The molecule has 1 aromatic heterocycles. The van der Waals surface area contributed by atoms with Crippen LogP contribution < -0.4 is 5.32 Å². The molecule has 3 rings (SSSR count). The molecule has 6 nitrogen and oxygen atoms in total. The first kappa shape index (κ1) is 16.4. The fourth-order valence-electron chi connectivity index (χ4n) is 3.87. The van der Waals surface area contributed by atoms with Gasteiger partial charge >= 0.3 is 5.97 Å². The van der Waals surface area contributed by atoms with Gasteiger partial charge in [0.05, 0.1) is 17.2 Å². The number of amides is 1. The average Bonchev–Trinajstić information content (AvgIpc) is 3.11. The Morgan fingerprint density at radius 3 is 2.78 bits per heavy atom. The van der Waals surface area contributed by atoms with Crippen molar-refractivity contribution in [2.45, 2.75) is 46.1 Å². The maximum atomic E-state index is 12.5. The molecule has 0 aromatic carbocycles. The monoisotopic (exact) mass is 337 g/mol. The summed E-state index contributed by atoms with van der Waals surface area (Å²) in [5.74, 6) is -0.653. The summed E-state index contributed by atoms with van der Waals surface area (Å²) in [5.41, 5.74) is 0.279. The van der Waals surface area contributed by atoms with E-state index >= 15 is 0 Å². The largest absolute Gasteiger partial charge is 0.481 e. The fourth-order valence-corrected chi connectivity index (χ4v) is 4.69. The van der Waals surface area contributed by atoms with Crippen LogP contribution in [0.5, 0.6) is 0 Å². The van der Waals surface area contributed by atoms with Crippen LogP contribution in [-0.2, 0) is 9.59 Å². The van der Waals surface area contributed by atoms with E-state index in [9.17, 15) is 14.7 Å². The van der Waals surface area contributed by atoms with Crippen molar-refractivity contribution in [2.24, 2.45) is 11.3 Å². The number of nitrogens with zero attached hydrogens (tertiary/aromatic N) is 2. The zero-order valence-corrected chi connectivity index (χ0v) is 14.6. The third-order valence-electron chi connectivity index (χ3n) is 5.51. The molecule has 1 saturated heterocycles. The molecule has 7 heteroatoms. The maximum absolute atomic E-state index is 12.5. The number of carboxylic acid groups (broad SMARTS) is 1. The lowest BCUT2D eigenvalue weighted by atomic mass is 9.81. The molecule has 1 saturated carbocycles. The number of carbonyl (C=O) groups is 2. The molecule has 2 heterocycles. The Labute approximate surface area is 139 Å². The van der Waals surface area contributed by atoms with Crippen LogP contribution in [-0.4, -0.2) is 46.0 Å². The zero-order chi connectivity index (χ0) is 16.8. The highest BCUT2D eigenvalue weighted by Gasteiger charge is 2.55. The molecule has 126 valence electrons. The molecule has 1 aliphatic heterocycles. The summed E-state index contributed by atoms with van der Waals surface area (Å²) < 4.78 is 0. The number of aliphatic carboxylic acids is 1. The molecule has 0 bridgehead atoms. The van der Waals surface area contributed by atoms with E-state index in [2.05, 4.69) is 10.3 Å². The lowest BCUT2D eigenvalue weighted by molar-refractivity contribution is -0.149. The van der Waals surface area contributed by atoms with Crippen LogP contribution in [0.15, 0.2) is 0 Å². The molecular formula is C16H23N3O3S. The van der Waals surface area contributed by atoms with E-state index < -0.39 is 11.4 Å². The molecule has 1 amide bonds. The first-order valence-corrected chi connectivity index (χ1v) is 8.87. The second-order valence-electron chi connectivity index (χ2n) is 6.81. The number of likely N-dealkylation sites (tertiary alicyclic amines) is 1. The third-order valence-corrected chi connectivity index (χ3v) is 6.50. The summed E-state index contributed by atoms with van der Waals surface area (Å²) in [6, 6.07) is -0.346. The molecule has 1 aliphatic carbocycles. The number of carboxylic acids is 1. The van der Waals surface area contributed by atoms with Crippen molar-refractivity contribution in [1.82, 2.24) is 9.88 Å². The van der Waals surface area contributed by atoms with E-state index in [1.807, 2.05) is 25.7 Å². The molecular weight excluding hydrogens is 314 g/mol. The number of nitrogens with one attached hydrogen (secondary N) is 1. The van der Waals surface area contributed by atoms with Crippen LogP contribution in [0.3, 0.4) is 0 Å². The van der Waals surface area contributed by atoms with Gasteiger partial charge in [-0.1, -0.05) is 6.42 Å². The number of aryl methyl sites for hydroxylation is 2. The molecule has 2 aliphatic rings. The number of carbonyl (C=O) groups excluding carboxylic acids is 1. The lowest BCUT2D eigenvalue weighted by Crippen LogP contribution is -2.43. The fraction of sp³-hybridized carbons (Fsp3) is 0.688. The molecule has 1 aromatic rings. The highest BCUT2D eigenvalue weighted by atomic mass is 32.1. The molecule has 0 radical (unpaired) electrons. The number of fused-ring (bicyclic) bond motifs is 1. The van der Waals surface area contributed by atoms with Crippen LogP contribution >= 0.6 is 11.3 Å². The first-order valence-electron chi connectivity index (χ1n) is 8.06. The minimum Gasteiger partial charge on any atom is -0.481 e. The highest BCUT2D eigenvalue weighted by molar-refractivity contribution is 7.15. The number of anilines is 1. The van der Waals surface area contributed by atoms with Gasteiger partial charge < -0.3 is 10.4 Å². The van der Waals surface area contributed by atoms with Gasteiger partial charge in [0.25, 0.3) is 0 Å². The Balaban J connectivity index is 1.68. The molecule has 3 atom stereocenters. The third kappa shape index (κ3) is 2.76. The van der Waals surface area contributed by atoms with Crippen LogP contribution in [0.25, 0.3) is 0 Å². The maximum Gasteiger partial charge on any atom is 0.311 e. The number of hydrogen-bond donors (Lipinski definition) is 2. The summed E-state index contributed by atoms with van der Waals surface area (Å²) in [6.45, 7) is 6.90. The van der Waals surface area contributed by atoms with E-state index in [0.717, 1.165) is 29.8 Å². The van der Waals surface area contributed by atoms with Gasteiger partial charge in [0.2, 0.25) is 5.91 Å². The number of thiazole rings is 1. The molecule has 1 unspecified atom stereocenters. The van der Waals surface area contributed by atoms with Crippen molar-refractivity contribution in [3.63, 3.8) is 0 Å². The van der Waals surface area contributed by atoms with Crippen molar-refractivity contribution in [3.05, 3.63) is 10.6 Å². The SMILES string of the molecule is Cc1nc(NC(=O)C(C)N2C[C@@H]3CCC[C@@]3(C(=O)O)C2)sc1C. The summed E-state index contributed by atoms with van der Waals surface area (Å²) in [7, 11) is 0. The van der Waals surface area contributed by atoms with Crippen molar-refractivity contribution >= 4 is 28.3 Å². The Kier molecular flexibility index (Phi) is 4.18. The Hall–Kier alpha value is -1.47. The second kappa shape index (κ2) is 5.87. The van der Waals surface area contributed by atoms with Crippen molar-refractivity contribution in [3.8, 4) is 0 Å². The van der Waals surface area contributed by atoms with E-state index in [1.165, 1.54) is 11.3 Å². The Morgan fingerprint density at radius 1 is 1.48 bits per heavy atom. The molecule has 2 fully saturated rings. The van der Waals surface area contributed by atoms with E-state index in [-0.39, 0.29) is 17.9 Å². The Bertz CT molecular complexity index is 625. The van der Waals surface area contributed by atoms with Gasteiger partial charge in [-0.3, -0.25) is 14.5 Å². The van der Waals surface area contributed by atoms with Crippen molar-refractivity contribution < 1.29 is 14.7 Å². The minimum absolute atomic E-state index is 0.112. The van der Waals surface area contributed by atoms with Gasteiger partial charge in [0.1, 0.15) is 0 Å². The molecule has 2 N–H and O–H groups in total. The summed E-state index contributed by atoms with van der Waals surface area (Å²) in [5, 5.41) is 13.1. The normalized spacial score (nSPS) is 28.6. The number of hydrogen-bond acceptors (Lipinski definition) is 5. The van der Waals surface area contributed by atoms with Crippen LogP contribution in [0.4, 0.5) is 5.13 Å². The van der Waals surface area contributed by atoms with Gasteiger partial charge in [-0.25, -0.2) is 4.98 Å². The topological polar surface area (TPSA) is 82.5 Å². The number of aromatic nitrogens is 1. The first-order chi connectivity index (χ1) is 10.8. The number of rotatable bonds is 4. The Morgan fingerprint density at radius 2 is 2.22 bits per heavy atom. The van der Waals surface area contributed by atoms with Crippen molar-refractivity contribution in [1.29, 1.82) is 0 Å². The summed E-state index contributed by atoms with van der Waals surface area (Å²) in [4.78, 5) is 31.7. The van der Waals surface area contributed by atoms with Gasteiger partial charge in [-0.2, -0.15) is 0 Å². The van der Waals surface area contributed by atoms with E-state index in [1.54, 1.807) is 0 Å². The standard InChI is InChI=1S/C16H23N3O3S/c1-9-11(3)23-15(17-9)18-13(20)10(2)19-7-12-5-4-6-16(12,8-19)14(21)22/h10,12H,4-8H2,1-3H3,(H,21,22)(H,17,18,20)/t10?,12-,16+/m0/s1. The van der Waals surface area contributed by atoms with Gasteiger partial charge in [0, 0.05) is 18.0 Å². The smallest absolute Gasteiger partial charge is 0.311 e. The van der Waals surface area contributed by atoms with Crippen LogP contribution in [0.1, 0.15) is 36.8 Å². The lowest BCUT2D eigenvalue weighted by Gasteiger charge is -2.26. The zero-order valence-electron chi connectivity index (χ0n) is 13.8. The van der Waals surface area contributed by atoms with Gasteiger partial charge in [-0.15, -0.1) is 11.3 Å². The summed E-state index contributed by atoms with van der Waals surface area (Å²) >= 11 is 1.47. The van der Waals surface area contributed by atoms with Gasteiger partial charge in [0.15, 0.2) is 5.13 Å².